The third-order valence-corrected chi connectivity index (χ3v) is 2.93. The molecule has 3 N–H and O–H groups in total. The Hall–Kier alpha value is -0.650. The summed E-state index contributed by atoms with van der Waals surface area (Å²) in [5.74, 6) is 0.0783. The molecule has 0 saturated carbocycles. The van der Waals surface area contributed by atoms with Gasteiger partial charge >= 0.3 is 0 Å². The van der Waals surface area contributed by atoms with Crippen LogP contribution in [0.15, 0.2) is 0 Å². The molecule has 5 nitrogen and oxygen atoms in total. The number of ether oxygens (including phenoxy) is 1. The number of amides is 1. The summed E-state index contributed by atoms with van der Waals surface area (Å²) in [6, 6.07) is 0.310. The largest absolute Gasteiger partial charge is 0.376 e. The summed E-state index contributed by atoms with van der Waals surface area (Å²) in [5, 5.41) is 2.91. The molecule has 0 spiro atoms. The molecule has 1 aliphatic rings. The molecule has 17 heavy (non-hydrogen) atoms. The minimum Gasteiger partial charge on any atom is -0.376 e. The van der Waals surface area contributed by atoms with E-state index in [1.54, 1.807) is 0 Å². The number of nitrogens with two attached hydrogens (primary N) is 1. The number of rotatable bonds is 5. The minimum atomic E-state index is 0.0783. The van der Waals surface area contributed by atoms with Gasteiger partial charge in [-0.25, -0.2) is 0 Å². The minimum absolute atomic E-state index is 0.0783. The Labute approximate surface area is 104 Å². The van der Waals surface area contributed by atoms with E-state index in [0.717, 1.165) is 19.7 Å². The van der Waals surface area contributed by atoms with E-state index in [0.29, 0.717) is 13.0 Å². The van der Waals surface area contributed by atoms with Gasteiger partial charge in [-0.3, -0.25) is 9.69 Å². The topological polar surface area (TPSA) is 67.6 Å². The number of carbonyl (C=O) groups excluding carboxylic acids is 1. The summed E-state index contributed by atoms with van der Waals surface area (Å²) in [7, 11) is 0. The lowest BCUT2D eigenvalue weighted by atomic mass is 10.1. The first-order valence-corrected chi connectivity index (χ1v) is 6.38. The van der Waals surface area contributed by atoms with Gasteiger partial charge in [0.15, 0.2) is 0 Å². The van der Waals surface area contributed by atoms with E-state index >= 15 is 0 Å². The van der Waals surface area contributed by atoms with E-state index in [2.05, 4.69) is 10.2 Å². The number of hydrogen-bond acceptors (Lipinski definition) is 4. The van der Waals surface area contributed by atoms with Crippen LogP contribution in [0.25, 0.3) is 0 Å². The van der Waals surface area contributed by atoms with Gasteiger partial charge in [-0.05, 0) is 20.8 Å². The van der Waals surface area contributed by atoms with Crippen LogP contribution in [0.3, 0.4) is 0 Å². The molecule has 0 bridgehead atoms. The number of hydrogen-bond donors (Lipinski definition) is 2. The van der Waals surface area contributed by atoms with E-state index in [9.17, 15) is 4.79 Å². The maximum absolute atomic E-state index is 11.7. The second-order valence-corrected chi connectivity index (χ2v) is 4.99. The SMILES string of the molecule is CC(C)NC(=O)CC(CN)N1CCOC(C)C1. The Morgan fingerprint density at radius 1 is 1.59 bits per heavy atom. The first-order valence-electron chi connectivity index (χ1n) is 6.38. The van der Waals surface area contributed by atoms with Crippen LogP contribution in [0.4, 0.5) is 0 Å². The van der Waals surface area contributed by atoms with Crippen molar-refractivity contribution in [3.8, 4) is 0 Å². The average molecular weight is 243 g/mol. The lowest BCUT2D eigenvalue weighted by Gasteiger charge is -2.36. The molecular weight excluding hydrogens is 218 g/mol. The number of nitrogens with zero attached hydrogens (tertiary/aromatic N) is 1. The van der Waals surface area contributed by atoms with Gasteiger partial charge in [-0.2, -0.15) is 0 Å². The molecule has 100 valence electrons. The summed E-state index contributed by atoms with van der Waals surface area (Å²) < 4.78 is 5.49. The fourth-order valence-electron chi connectivity index (χ4n) is 2.13. The Kier molecular flexibility index (Phi) is 5.88. The van der Waals surface area contributed by atoms with Gasteiger partial charge in [0, 0.05) is 38.1 Å². The average Bonchev–Trinajstić information content (AvgIpc) is 2.24. The van der Waals surface area contributed by atoms with Crippen molar-refractivity contribution in [2.45, 2.75) is 45.4 Å². The molecular formula is C12H25N3O2. The van der Waals surface area contributed by atoms with Crippen molar-refractivity contribution in [2.75, 3.05) is 26.2 Å². The van der Waals surface area contributed by atoms with Crippen LogP contribution in [0, 0.1) is 0 Å². The van der Waals surface area contributed by atoms with Crippen molar-refractivity contribution >= 4 is 5.91 Å². The van der Waals surface area contributed by atoms with Crippen molar-refractivity contribution < 1.29 is 9.53 Å². The molecule has 2 atom stereocenters. The van der Waals surface area contributed by atoms with E-state index < -0.39 is 0 Å². The van der Waals surface area contributed by atoms with Crippen LogP contribution in [0.5, 0.6) is 0 Å². The van der Waals surface area contributed by atoms with Crippen molar-refractivity contribution in [2.24, 2.45) is 5.73 Å². The molecule has 0 aliphatic carbocycles. The van der Waals surface area contributed by atoms with Crippen LogP contribution in [0.2, 0.25) is 0 Å². The highest BCUT2D eigenvalue weighted by atomic mass is 16.5. The molecule has 0 aromatic rings. The normalized spacial score (nSPS) is 23.7. The van der Waals surface area contributed by atoms with Crippen LogP contribution in [0.1, 0.15) is 27.2 Å². The zero-order valence-corrected chi connectivity index (χ0v) is 11.1. The molecule has 2 unspecified atom stereocenters. The van der Waals surface area contributed by atoms with Crippen molar-refractivity contribution in [3.63, 3.8) is 0 Å². The summed E-state index contributed by atoms with van der Waals surface area (Å²) in [4.78, 5) is 14.0. The third-order valence-electron chi connectivity index (χ3n) is 2.93. The monoisotopic (exact) mass is 243 g/mol. The maximum atomic E-state index is 11.7. The number of nitrogens with one attached hydrogen (secondary N) is 1. The molecule has 1 rings (SSSR count). The van der Waals surface area contributed by atoms with E-state index in [-0.39, 0.29) is 24.1 Å². The van der Waals surface area contributed by atoms with Crippen LogP contribution in [-0.4, -0.2) is 55.2 Å². The lowest BCUT2D eigenvalue weighted by Crippen LogP contribution is -2.51. The standard InChI is InChI=1S/C12H25N3O2/c1-9(2)14-12(16)6-11(7-13)15-4-5-17-10(3)8-15/h9-11H,4-8,13H2,1-3H3,(H,14,16). The number of morpholine rings is 1. The number of carbonyl (C=O) groups is 1. The van der Waals surface area contributed by atoms with Gasteiger partial charge in [0.05, 0.1) is 12.7 Å². The predicted octanol–water partition coefficient (Wildman–Crippen LogP) is -0.0509. The van der Waals surface area contributed by atoms with E-state index in [1.807, 2.05) is 20.8 Å². The Morgan fingerprint density at radius 2 is 2.29 bits per heavy atom. The molecule has 1 saturated heterocycles. The zero-order valence-electron chi connectivity index (χ0n) is 11.1. The predicted molar refractivity (Wildman–Crippen MR) is 67.7 cm³/mol. The van der Waals surface area contributed by atoms with Gasteiger partial charge in [0.2, 0.25) is 5.91 Å². The fourth-order valence-corrected chi connectivity index (χ4v) is 2.13. The quantitative estimate of drug-likeness (QED) is 0.710. The molecule has 0 aromatic heterocycles. The van der Waals surface area contributed by atoms with Crippen LogP contribution in [-0.2, 0) is 9.53 Å². The molecule has 5 heteroatoms. The van der Waals surface area contributed by atoms with Crippen molar-refractivity contribution in [1.29, 1.82) is 0 Å². The lowest BCUT2D eigenvalue weighted by molar-refractivity contribution is -0.123. The Balaban J connectivity index is 2.44. The fraction of sp³-hybridized carbons (Fsp3) is 0.917. The van der Waals surface area contributed by atoms with Gasteiger partial charge in [-0.1, -0.05) is 0 Å². The summed E-state index contributed by atoms with van der Waals surface area (Å²) in [6.45, 7) is 8.94. The third kappa shape index (κ3) is 5.02. The zero-order chi connectivity index (χ0) is 12.8. The molecule has 0 radical (unpaired) electrons. The van der Waals surface area contributed by atoms with Gasteiger partial charge in [0.25, 0.3) is 0 Å². The van der Waals surface area contributed by atoms with E-state index in [1.165, 1.54) is 0 Å². The molecule has 1 heterocycles. The summed E-state index contributed by atoms with van der Waals surface area (Å²) >= 11 is 0. The van der Waals surface area contributed by atoms with E-state index in [4.69, 9.17) is 10.5 Å². The highest BCUT2D eigenvalue weighted by molar-refractivity contribution is 5.76. The van der Waals surface area contributed by atoms with Crippen molar-refractivity contribution in [1.82, 2.24) is 10.2 Å². The highest BCUT2D eigenvalue weighted by Gasteiger charge is 2.25. The smallest absolute Gasteiger partial charge is 0.221 e. The van der Waals surface area contributed by atoms with Gasteiger partial charge in [-0.15, -0.1) is 0 Å². The second kappa shape index (κ2) is 6.93. The highest BCUT2D eigenvalue weighted by Crippen LogP contribution is 2.10. The first-order chi connectivity index (χ1) is 8.02. The first kappa shape index (κ1) is 14.4. The molecule has 1 fully saturated rings. The Bertz CT molecular complexity index is 246. The molecule has 1 aliphatic heterocycles. The van der Waals surface area contributed by atoms with Gasteiger partial charge < -0.3 is 15.8 Å². The summed E-state index contributed by atoms with van der Waals surface area (Å²) in [6.07, 6.45) is 0.701. The molecule has 0 aromatic carbocycles. The van der Waals surface area contributed by atoms with Crippen molar-refractivity contribution in [3.05, 3.63) is 0 Å². The maximum Gasteiger partial charge on any atom is 0.221 e. The van der Waals surface area contributed by atoms with Gasteiger partial charge in [0.1, 0.15) is 0 Å². The summed E-state index contributed by atoms with van der Waals surface area (Å²) in [5.41, 5.74) is 5.77. The Morgan fingerprint density at radius 3 is 2.82 bits per heavy atom. The van der Waals surface area contributed by atoms with Crippen LogP contribution >= 0.6 is 0 Å². The van der Waals surface area contributed by atoms with Crippen LogP contribution < -0.4 is 11.1 Å². The second-order valence-electron chi connectivity index (χ2n) is 4.99. The molecule has 1 amide bonds.